The molecule has 1 aromatic carbocycles. The predicted octanol–water partition coefficient (Wildman–Crippen LogP) is 5.55. The molecule has 0 saturated heterocycles. The minimum Gasteiger partial charge on any atom is -0.496 e. The normalized spacial score (nSPS) is 11.5. The zero-order valence-electron chi connectivity index (χ0n) is 17.7. The van der Waals surface area contributed by atoms with Gasteiger partial charge < -0.3 is 10.1 Å². The van der Waals surface area contributed by atoms with Crippen molar-refractivity contribution in [3.63, 3.8) is 0 Å². The number of hydrogen-bond donors (Lipinski definition) is 1. The summed E-state index contributed by atoms with van der Waals surface area (Å²) in [6, 6.07) is 13.5. The van der Waals surface area contributed by atoms with Gasteiger partial charge in [-0.15, -0.1) is 11.3 Å². The van der Waals surface area contributed by atoms with Gasteiger partial charge in [0.25, 0.3) is 0 Å². The lowest BCUT2D eigenvalue weighted by molar-refractivity contribution is -0.115. The first kappa shape index (κ1) is 22.8. The highest BCUT2D eigenvalue weighted by Crippen LogP contribution is 2.32. The molecule has 1 amide bonds. The number of pyridine rings is 1. The molecule has 0 aliphatic carbocycles. The quantitative estimate of drug-likeness (QED) is 0.428. The van der Waals surface area contributed by atoms with E-state index in [2.05, 4.69) is 28.3 Å². The number of rotatable bonds is 9. The van der Waals surface area contributed by atoms with Gasteiger partial charge in [-0.05, 0) is 44.0 Å². The fourth-order valence-corrected chi connectivity index (χ4v) is 4.51. The van der Waals surface area contributed by atoms with Crippen molar-refractivity contribution in [1.29, 1.82) is 5.26 Å². The Bertz CT molecular complexity index is 1090. The van der Waals surface area contributed by atoms with Crippen LogP contribution in [0.4, 0.5) is 5.13 Å². The third kappa shape index (κ3) is 5.84. The second-order valence-corrected chi connectivity index (χ2v) is 9.05. The molecule has 160 valence electrons. The molecule has 0 aliphatic heterocycles. The van der Waals surface area contributed by atoms with Crippen molar-refractivity contribution in [1.82, 2.24) is 9.97 Å². The fraction of sp³-hybridized carbons (Fsp3) is 0.304. The Labute approximate surface area is 190 Å². The van der Waals surface area contributed by atoms with Crippen LogP contribution in [0, 0.1) is 11.3 Å². The van der Waals surface area contributed by atoms with Crippen LogP contribution in [0.3, 0.4) is 0 Å². The van der Waals surface area contributed by atoms with Gasteiger partial charge in [-0.3, -0.25) is 4.79 Å². The van der Waals surface area contributed by atoms with E-state index < -0.39 is 5.25 Å². The van der Waals surface area contributed by atoms with E-state index in [-0.39, 0.29) is 5.91 Å². The number of nitrogens with zero attached hydrogens (tertiary/aromatic N) is 3. The molecule has 0 spiro atoms. The average molecular weight is 453 g/mol. The maximum absolute atomic E-state index is 12.7. The predicted molar refractivity (Wildman–Crippen MR) is 126 cm³/mol. The molecular weight excluding hydrogens is 428 g/mol. The van der Waals surface area contributed by atoms with Crippen LogP contribution in [0.2, 0.25) is 0 Å². The van der Waals surface area contributed by atoms with E-state index in [0.29, 0.717) is 15.7 Å². The van der Waals surface area contributed by atoms with Crippen LogP contribution in [0.1, 0.15) is 37.9 Å². The Kier molecular flexibility index (Phi) is 8.04. The lowest BCUT2D eigenvalue weighted by Crippen LogP contribution is -2.22. The van der Waals surface area contributed by atoms with Crippen LogP contribution < -0.4 is 10.1 Å². The van der Waals surface area contributed by atoms with Crippen LogP contribution in [0.25, 0.3) is 11.3 Å². The van der Waals surface area contributed by atoms with Crippen LogP contribution >= 0.6 is 23.1 Å². The first-order valence-corrected chi connectivity index (χ1v) is 11.8. The Morgan fingerprint density at radius 2 is 2.10 bits per heavy atom. The summed E-state index contributed by atoms with van der Waals surface area (Å²) in [5, 5.41) is 14.8. The fourth-order valence-electron chi connectivity index (χ4n) is 2.89. The number of carbonyl (C=O) groups is 1. The van der Waals surface area contributed by atoms with E-state index in [0.717, 1.165) is 42.0 Å². The molecule has 0 bridgehead atoms. The second-order valence-electron chi connectivity index (χ2n) is 6.86. The number of ether oxygens (including phenoxy) is 1. The van der Waals surface area contributed by atoms with Crippen molar-refractivity contribution in [3.8, 4) is 23.1 Å². The first-order chi connectivity index (χ1) is 15.0. The summed E-state index contributed by atoms with van der Waals surface area (Å²) in [6.07, 6.45) is 2.98. The number of amides is 1. The standard InChI is InChI=1S/C23H24N4O2S2/c1-4-5-8-17-12-11-16(13-24)22(25-17)31-15(2)21(28)27-23-26-19(14-30-23)18-9-6-7-10-20(18)29-3/h6-7,9-12,14-15H,4-5,8H2,1-3H3,(H,26,27,28). The number of methoxy groups -OCH3 is 1. The van der Waals surface area contributed by atoms with Crippen LogP contribution in [-0.4, -0.2) is 28.2 Å². The summed E-state index contributed by atoms with van der Waals surface area (Å²) in [7, 11) is 1.62. The van der Waals surface area contributed by atoms with Gasteiger partial charge in [-0.1, -0.05) is 37.2 Å². The summed E-state index contributed by atoms with van der Waals surface area (Å²) in [6.45, 7) is 3.93. The van der Waals surface area contributed by atoms with Crippen LogP contribution in [-0.2, 0) is 11.2 Å². The van der Waals surface area contributed by atoms with Gasteiger partial charge in [0.15, 0.2) is 5.13 Å². The smallest absolute Gasteiger partial charge is 0.239 e. The maximum atomic E-state index is 12.7. The van der Waals surface area contributed by atoms with Crippen molar-refractivity contribution in [3.05, 3.63) is 53.0 Å². The molecule has 2 aromatic heterocycles. The summed E-state index contributed by atoms with van der Waals surface area (Å²) in [4.78, 5) is 21.9. The minimum atomic E-state index is -0.431. The first-order valence-electron chi connectivity index (χ1n) is 10.0. The number of carbonyl (C=O) groups excluding carboxylic acids is 1. The van der Waals surface area contributed by atoms with Crippen molar-refractivity contribution in [2.24, 2.45) is 0 Å². The summed E-state index contributed by atoms with van der Waals surface area (Å²) in [5.74, 6) is 0.545. The van der Waals surface area contributed by atoms with Crippen molar-refractivity contribution >= 4 is 34.1 Å². The van der Waals surface area contributed by atoms with Crippen molar-refractivity contribution < 1.29 is 9.53 Å². The average Bonchev–Trinajstić information content (AvgIpc) is 3.25. The Morgan fingerprint density at radius 1 is 1.29 bits per heavy atom. The molecule has 1 N–H and O–H groups in total. The zero-order valence-corrected chi connectivity index (χ0v) is 19.3. The van der Waals surface area contributed by atoms with Gasteiger partial charge in [0.1, 0.15) is 16.8 Å². The molecule has 1 unspecified atom stereocenters. The molecule has 2 heterocycles. The molecule has 6 nitrogen and oxygen atoms in total. The number of anilines is 1. The van der Waals surface area contributed by atoms with Gasteiger partial charge in [-0.25, -0.2) is 9.97 Å². The third-order valence-electron chi connectivity index (χ3n) is 4.60. The van der Waals surface area contributed by atoms with Crippen LogP contribution in [0.5, 0.6) is 5.75 Å². The van der Waals surface area contributed by atoms with Crippen molar-refractivity contribution in [2.75, 3.05) is 12.4 Å². The maximum Gasteiger partial charge on any atom is 0.239 e. The molecular formula is C23H24N4O2S2. The SMILES string of the molecule is CCCCc1ccc(C#N)c(SC(C)C(=O)Nc2nc(-c3ccccc3OC)cs2)n1. The van der Waals surface area contributed by atoms with Gasteiger partial charge in [0, 0.05) is 16.6 Å². The molecule has 0 aliphatic rings. The summed E-state index contributed by atoms with van der Waals surface area (Å²) in [5.41, 5.74) is 3.04. The highest BCUT2D eigenvalue weighted by atomic mass is 32.2. The topological polar surface area (TPSA) is 87.9 Å². The number of aryl methyl sites for hydroxylation is 1. The van der Waals surface area contributed by atoms with E-state index in [1.807, 2.05) is 35.7 Å². The van der Waals surface area contributed by atoms with Crippen molar-refractivity contribution in [2.45, 2.75) is 43.4 Å². The Hall–Kier alpha value is -2.89. The van der Waals surface area contributed by atoms with Gasteiger partial charge in [0.05, 0.1) is 23.6 Å². The molecule has 0 saturated carbocycles. The monoisotopic (exact) mass is 452 g/mol. The second kappa shape index (κ2) is 10.9. The van der Waals surface area contributed by atoms with Gasteiger partial charge in [-0.2, -0.15) is 5.26 Å². The molecule has 3 aromatic rings. The van der Waals surface area contributed by atoms with E-state index >= 15 is 0 Å². The van der Waals surface area contributed by atoms with E-state index in [9.17, 15) is 10.1 Å². The Morgan fingerprint density at radius 3 is 2.84 bits per heavy atom. The van der Waals surface area contributed by atoms with Crippen LogP contribution in [0.15, 0.2) is 46.8 Å². The Balaban J connectivity index is 1.69. The zero-order chi connectivity index (χ0) is 22.2. The number of thiazole rings is 1. The molecule has 0 radical (unpaired) electrons. The van der Waals surface area contributed by atoms with E-state index in [1.165, 1.54) is 23.1 Å². The number of para-hydroxylation sites is 1. The minimum absolute atomic E-state index is 0.185. The largest absolute Gasteiger partial charge is 0.496 e. The van der Waals surface area contributed by atoms with Gasteiger partial charge in [0.2, 0.25) is 5.91 Å². The lowest BCUT2D eigenvalue weighted by Gasteiger charge is -2.12. The highest BCUT2D eigenvalue weighted by molar-refractivity contribution is 8.00. The van der Waals surface area contributed by atoms with E-state index in [1.54, 1.807) is 20.1 Å². The van der Waals surface area contributed by atoms with E-state index in [4.69, 9.17) is 4.74 Å². The number of hydrogen-bond acceptors (Lipinski definition) is 7. The molecule has 8 heteroatoms. The summed E-state index contributed by atoms with van der Waals surface area (Å²) < 4.78 is 5.39. The van der Waals surface area contributed by atoms with Gasteiger partial charge >= 0.3 is 0 Å². The molecule has 1 atom stereocenters. The number of nitrogens with one attached hydrogen (secondary N) is 1. The third-order valence-corrected chi connectivity index (χ3v) is 6.46. The number of nitriles is 1. The number of thioether (sulfide) groups is 1. The number of unbranched alkanes of at least 4 members (excludes halogenated alkanes) is 1. The lowest BCUT2D eigenvalue weighted by atomic mass is 10.1. The number of aromatic nitrogens is 2. The molecule has 0 fully saturated rings. The highest BCUT2D eigenvalue weighted by Gasteiger charge is 2.19. The summed E-state index contributed by atoms with van der Waals surface area (Å²) >= 11 is 2.65. The molecule has 3 rings (SSSR count). The number of benzene rings is 1. The molecule has 31 heavy (non-hydrogen) atoms.